The summed E-state index contributed by atoms with van der Waals surface area (Å²) in [6.45, 7) is 0. The molecule has 236 valence electrons. The molecule has 0 bridgehead atoms. The Labute approximate surface area is 288 Å². The average Bonchev–Trinajstić information content (AvgIpc) is 3.73. The standard InChI is InChI=1S/C45H30N4O/c1-3-12-29(13-4-1)43-46-44(30-14-5-2-6-15-30)48-45(47-43)33-17-11-16-31(26-33)32-22-24-37-38-28-34(23-25-41(38)50-42(37)27-32)49-39-20-9-7-18-35(39)36-19-8-10-21-40(36)49/h1-28,43H,(H,46,47,48). The minimum absolute atomic E-state index is 0.248. The molecule has 7 aromatic carbocycles. The van der Waals surface area contributed by atoms with Gasteiger partial charge in [0.15, 0.2) is 5.84 Å². The molecule has 1 N–H and O–H groups in total. The number of hydrogen-bond donors (Lipinski definition) is 1. The maximum absolute atomic E-state index is 6.47. The lowest BCUT2D eigenvalue weighted by Crippen LogP contribution is -2.33. The van der Waals surface area contributed by atoms with Crippen LogP contribution in [-0.4, -0.2) is 16.2 Å². The zero-order valence-electron chi connectivity index (χ0n) is 27.0. The van der Waals surface area contributed by atoms with Gasteiger partial charge in [0.1, 0.15) is 23.2 Å². The molecule has 0 radical (unpaired) electrons. The number of benzene rings is 7. The summed E-state index contributed by atoms with van der Waals surface area (Å²) in [5, 5.41) is 8.23. The fraction of sp³-hybridized carbons (Fsp3) is 0.0222. The fourth-order valence-electron chi connectivity index (χ4n) is 7.25. The minimum atomic E-state index is -0.248. The largest absolute Gasteiger partial charge is 0.456 e. The molecule has 0 aliphatic carbocycles. The summed E-state index contributed by atoms with van der Waals surface area (Å²) in [4.78, 5) is 10.1. The van der Waals surface area contributed by atoms with Gasteiger partial charge in [-0.3, -0.25) is 0 Å². The molecule has 0 saturated carbocycles. The van der Waals surface area contributed by atoms with Crippen molar-refractivity contribution in [3.63, 3.8) is 0 Å². The van der Waals surface area contributed by atoms with Crippen molar-refractivity contribution in [3.05, 3.63) is 187 Å². The van der Waals surface area contributed by atoms with Crippen LogP contribution in [0.25, 0.3) is 60.6 Å². The Morgan fingerprint density at radius 2 is 1.14 bits per heavy atom. The van der Waals surface area contributed by atoms with Crippen LogP contribution in [0.5, 0.6) is 0 Å². The Kier molecular flexibility index (Phi) is 6.49. The zero-order chi connectivity index (χ0) is 33.0. The molecule has 10 rings (SSSR count). The minimum Gasteiger partial charge on any atom is -0.456 e. The van der Waals surface area contributed by atoms with E-state index in [1.165, 1.54) is 21.8 Å². The number of aromatic nitrogens is 1. The molecule has 5 heteroatoms. The lowest BCUT2D eigenvalue weighted by Gasteiger charge is -2.23. The Balaban J connectivity index is 1.04. The first-order valence-corrected chi connectivity index (χ1v) is 16.9. The third-order valence-corrected chi connectivity index (χ3v) is 9.65. The van der Waals surface area contributed by atoms with E-state index in [1.54, 1.807) is 0 Å². The molecule has 0 fully saturated rings. The number of hydrogen-bond acceptors (Lipinski definition) is 4. The van der Waals surface area contributed by atoms with E-state index < -0.39 is 0 Å². The second-order valence-corrected chi connectivity index (χ2v) is 12.7. The van der Waals surface area contributed by atoms with E-state index in [4.69, 9.17) is 14.4 Å². The third kappa shape index (κ3) is 4.71. The highest BCUT2D eigenvalue weighted by Gasteiger charge is 2.21. The quantitative estimate of drug-likeness (QED) is 0.203. The van der Waals surface area contributed by atoms with Gasteiger partial charge >= 0.3 is 0 Å². The maximum Gasteiger partial charge on any atom is 0.159 e. The fourth-order valence-corrected chi connectivity index (χ4v) is 7.25. The van der Waals surface area contributed by atoms with Crippen LogP contribution in [0.15, 0.2) is 184 Å². The summed E-state index contributed by atoms with van der Waals surface area (Å²) in [5.74, 6) is 1.50. The van der Waals surface area contributed by atoms with Crippen LogP contribution >= 0.6 is 0 Å². The van der Waals surface area contributed by atoms with Crippen molar-refractivity contribution in [1.29, 1.82) is 0 Å². The summed E-state index contributed by atoms with van der Waals surface area (Å²) < 4.78 is 8.82. The van der Waals surface area contributed by atoms with Crippen LogP contribution in [0.2, 0.25) is 0 Å². The molecule has 1 aliphatic heterocycles. The molecular formula is C45H30N4O. The van der Waals surface area contributed by atoms with Gasteiger partial charge in [0.05, 0.1) is 11.0 Å². The Morgan fingerprint density at radius 3 is 1.92 bits per heavy atom. The van der Waals surface area contributed by atoms with Gasteiger partial charge in [-0.05, 0) is 65.2 Å². The van der Waals surface area contributed by atoms with Crippen LogP contribution in [0.3, 0.4) is 0 Å². The number of rotatable bonds is 5. The highest BCUT2D eigenvalue weighted by Crippen LogP contribution is 2.37. The van der Waals surface area contributed by atoms with Crippen LogP contribution in [0, 0.1) is 0 Å². The molecule has 3 heterocycles. The molecule has 0 spiro atoms. The molecule has 0 saturated heterocycles. The number of fused-ring (bicyclic) bond motifs is 6. The van der Waals surface area contributed by atoms with Gasteiger partial charge in [0.25, 0.3) is 0 Å². The molecule has 1 atom stereocenters. The first-order valence-electron chi connectivity index (χ1n) is 16.9. The Bertz CT molecular complexity index is 2740. The topological polar surface area (TPSA) is 54.8 Å². The first kappa shape index (κ1) is 28.3. The lowest BCUT2D eigenvalue weighted by atomic mass is 10.0. The van der Waals surface area contributed by atoms with E-state index >= 15 is 0 Å². The zero-order valence-corrected chi connectivity index (χ0v) is 27.0. The summed E-state index contributed by atoms with van der Waals surface area (Å²) in [5.41, 5.74) is 10.4. The summed E-state index contributed by atoms with van der Waals surface area (Å²) in [6.07, 6.45) is -0.248. The molecule has 2 aromatic heterocycles. The monoisotopic (exact) mass is 642 g/mol. The van der Waals surface area contributed by atoms with E-state index in [-0.39, 0.29) is 6.17 Å². The molecule has 1 aliphatic rings. The van der Waals surface area contributed by atoms with E-state index in [9.17, 15) is 0 Å². The van der Waals surface area contributed by atoms with E-state index in [2.05, 4.69) is 143 Å². The van der Waals surface area contributed by atoms with Gasteiger partial charge in [-0.2, -0.15) is 0 Å². The second kappa shape index (κ2) is 11.5. The van der Waals surface area contributed by atoms with Gasteiger partial charge in [-0.15, -0.1) is 0 Å². The molecule has 9 aromatic rings. The molecule has 1 unspecified atom stereocenters. The van der Waals surface area contributed by atoms with Crippen LogP contribution < -0.4 is 5.32 Å². The maximum atomic E-state index is 6.47. The Morgan fingerprint density at radius 1 is 0.480 bits per heavy atom. The molecule has 50 heavy (non-hydrogen) atoms. The highest BCUT2D eigenvalue weighted by molar-refractivity contribution is 6.14. The van der Waals surface area contributed by atoms with Crippen LogP contribution in [-0.2, 0) is 0 Å². The Hall–Kier alpha value is -6.72. The third-order valence-electron chi connectivity index (χ3n) is 9.65. The SMILES string of the molecule is c1ccc(C2=NC(c3cccc(-c4ccc5c(c4)oc4ccc(-n6c7ccccc7c7ccccc76)cc45)c3)=NC(c3ccccc3)N2)cc1. The number of aliphatic imine (C=N–C) groups is 2. The van der Waals surface area contributed by atoms with Gasteiger partial charge in [0.2, 0.25) is 0 Å². The number of para-hydroxylation sites is 2. The second-order valence-electron chi connectivity index (χ2n) is 12.7. The van der Waals surface area contributed by atoms with Crippen molar-refractivity contribution >= 4 is 55.4 Å². The van der Waals surface area contributed by atoms with E-state index in [0.717, 1.165) is 61.3 Å². The predicted molar refractivity (Wildman–Crippen MR) is 205 cm³/mol. The molecule has 0 amide bonds. The number of nitrogens with zero attached hydrogens (tertiary/aromatic N) is 3. The number of nitrogens with one attached hydrogen (secondary N) is 1. The van der Waals surface area contributed by atoms with Crippen molar-refractivity contribution < 1.29 is 4.42 Å². The van der Waals surface area contributed by atoms with Crippen LogP contribution in [0.4, 0.5) is 0 Å². The van der Waals surface area contributed by atoms with Crippen molar-refractivity contribution in [3.8, 4) is 16.8 Å². The molecule has 5 nitrogen and oxygen atoms in total. The van der Waals surface area contributed by atoms with Gasteiger partial charge in [-0.25, -0.2) is 9.98 Å². The summed E-state index contributed by atoms with van der Waals surface area (Å²) >= 11 is 0. The highest BCUT2D eigenvalue weighted by atomic mass is 16.3. The van der Waals surface area contributed by atoms with Crippen molar-refractivity contribution in [2.45, 2.75) is 6.17 Å². The van der Waals surface area contributed by atoms with Crippen LogP contribution in [0.1, 0.15) is 22.9 Å². The van der Waals surface area contributed by atoms with Crippen molar-refractivity contribution in [2.75, 3.05) is 0 Å². The van der Waals surface area contributed by atoms with Gasteiger partial charge < -0.3 is 14.3 Å². The number of amidine groups is 2. The van der Waals surface area contributed by atoms with E-state index in [1.807, 2.05) is 36.4 Å². The normalized spacial score (nSPS) is 14.6. The number of furan rings is 1. The summed E-state index contributed by atoms with van der Waals surface area (Å²) in [7, 11) is 0. The molecular weight excluding hydrogens is 613 g/mol. The average molecular weight is 643 g/mol. The van der Waals surface area contributed by atoms with Gasteiger partial charge in [0, 0.05) is 38.4 Å². The van der Waals surface area contributed by atoms with E-state index in [0.29, 0.717) is 5.84 Å². The van der Waals surface area contributed by atoms with Gasteiger partial charge in [-0.1, -0.05) is 121 Å². The predicted octanol–water partition coefficient (Wildman–Crippen LogP) is 10.8. The first-order chi connectivity index (χ1) is 24.8. The van der Waals surface area contributed by atoms with Crippen molar-refractivity contribution in [2.24, 2.45) is 9.98 Å². The smallest absolute Gasteiger partial charge is 0.159 e. The summed E-state index contributed by atoms with van der Waals surface area (Å²) in [6, 6.07) is 59.2. The lowest BCUT2D eigenvalue weighted by molar-refractivity contribution is 0.669. The van der Waals surface area contributed by atoms with Crippen molar-refractivity contribution in [1.82, 2.24) is 9.88 Å².